The van der Waals surface area contributed by atoms with Gasteiger partial charge in [0.1, 0.15) is 5.54 Å². The molecule has 3 heteroatoms. The molecule has 1 fully saturated rings. The molecule has 2 atom stereocenters. The van der Waals surface area contributed by atoms with Crippen molar-refractivity contribution in [2.75, 3.05) is 19.6 Å². The monoisotopic (exact) mass is 237 g/mol. The van der Waals surface area contributed by atoms with Gasteiger partial charge < -0.3 is 10.6 Å². The van der Waals surface area contributed by atoms with Crippen LogP contribution in [-0.4, -0.2) is 30.1 Å². The smallest absolute Gasteiger partial charge is 0.104 e. The summed E-state index contributed by atoms with van der Waals surface area (Å²) in [4.78, 5) is 2.53. The zero-order valence-corrected chi connectivity index (χ0v) is 11.6. The summed E-state index contributed by atoms with van der Waals surface area (Å²) < 4.78 is 0. The topological polar surface area (TPSA) is 53.1 Å². The number of nitrogens with two attached hydrogens (primary N) is 1. The van der Waals surface area contributed by atoms with Crippen LogP contribution in [-0.2, 0) is 0 Å². The van der Waals surface area contributed by atoms with Crippen LogP contribution in [0.15, 0.2) is 0 Å². The van der Waals surface area contributed by atoms with Gasteiger partial charge in [0.2, 0.25) is 0 Å². The number of hydrogen-bond donors (Lipinski definition) is 1. The van der Waals surface area contributed by atoms with E-state index < -0.39 is 5.54 Å². The normalized spacial score (nSPS) is 24.8. The fourth-order valence-electron chi connectivity index (χ4n) is 2.54. The van der Waals surface area contributed by atoms with Crippen molar-refractivity contribution in [1.82, 2.24) is 4.90 Å². The highest BCUT2D eigenvalue weighted by Gasteiger charge is 2.26. The van der Waals surface area contributed by atoms with Gasteiger partial charge in [0.15, 0.2) is 0 Å². The third-order valence-electron chi connectivity index (χ3n) is 4.20. The molecule has 0 aliphatic carbocycles. The molecule has 0 saturated carbocycles. The molecule has 0 bridgehead atoms. The van der Waals surface area contributed by atoms with E-state index >= 15 is 0 Å². The van der Waals surface area contributed by atoms with E-state index in [1.54, 1.807) is 0 Å². The van der Waals surface area contributed by atoms with Gasteiger partial charge in [-0.05, 0) is 50.6 Å². The average molecular weight is 237 g/mol. The van der Waals surface area contributed by atoms with Gasteiger partial charge in [-0.25, -0.2) is 0 Å². The molecule has 1 saturated heterocycles. The molecule has 0 radical (unpaired) electrons. The summed E-state index contributed by atoms with van der Waals surface area (Å²) >= 11 is 0. The van der Waals surface area contributed by atoms with Gasteiger partial charge in [-0.3, -0.25) is 0 Å². The van der Waals surface area contributed by atoms with E-state index in [1.165, 1.54) is 19.5 Å². The van der Waals surface area contributed by atoms with Crippen LogP contribution in [0.3, 0.4) is 0 Å². The molecule has 2 unspecified atom stereocenters. The highest BCUT2D eigenvalue weighted by Crippen LogP contribution is 2.24. The molecule has 0 spiro atoms. The van der Waals surface area contributed by atoms with Gasteiger partial charge in [0.05, 0.1) is 6.07 Å². The van der Waals surface area contributed by atoms with Crippen molar-refractivity contribution in [2.45, 2.75) is 52.0 Å². The van der Waals surface area contributed by atoms with E-state index in [-0.39, 0.29) is 0 Å². The second kappa shape index (κ2) is 6.37. The third kappa shape index (κ3) is 4.29. The van der Waals surface area contributed by atoms with Crippen LogP contribution in [0.1, 0.15) is 46.5 Å². The summed E-state index contributed by atoms with van der Waals surface area (Å²) in [5, 5.41) is 9.00. The Bertz CT molecular complexity index is 269. The Hall–Kier alpha value is -0.590. The maximum Gasteiger partial charge on any atom is 0.104 e. The first-order valence-electron chi connectivity index (χ1n) is 6.93. The van der Waals surface area contributed by atoms with Gasteiger partial charge in [-0.1, -0.05) is 20.8 Å². The molecule has 0 aromatic heterocycles. The first-order valence-corrected chi connectivity index (χ1v) is 6.93. The summed E-state index contributed by atoms with van der Waals surface area (Å²) in [6.07, 6.45) is 3.95. The Kier molecular flexibility index (Phi) is 5.42. The van der Waals surface area contributed by atoms with E-state index in [9.17, 15) is 0 Å². The largest absolute Gasteiger partial charge is 0.313 e. The lowest BCUT2D eigenvalue weighted by molar-refractivity contribution is 0.288. The Balaban J connectivity index is 2.23. The molecular formula is C14H27N3. The van der Waals surface area contributed by atoms with Gasteiger partial charge in [-0.15, -0.1) is 0 Å². The number of nitrogens with zero attached hydrogens (tertiary/aromatic N) is 2. The summed E-state index contributed by atoms with van der Waals surface area (Å²) in [7, 11) is 0. The molecule has 0 aromatic rings. The standard InChI is InChI=1S/C14H27N3/c1-4-14(16,11-15)7-5-8-17-9-6-13(10-17)12(2)3/h12-13H,4-10,16H2,1-3H3. The van der Waals surface area contributed by atoms with E-state index in [4.69, 9.17) is 11.0 Å². The first-order chi connectivity index (χ1) is 8.00. The Morgan fingerprint density at radius 1 is 1.53 bits per heavy atom. The second-order valence-corrected chi connectivity index (χ2v) is 5.82. The van der Waals surface area contributed by atoms with Crippen LogP contribution in [0.5, 0.6) is 0 Å². The number of hydrogen-bond acceptors (Lipinski definition) is 3. The number of rotatable bonds is 6. The first kappa shape index (κ1) is 14.5. The van der Waals surface area contributed by atoms with Crippen molar-refractivity contribution in [1.29, 1.82) is 5.26 Å². The lowest BCUT2D eigenvalue weighted by Gasteiger charge is -2.22. The van der Waals surface area contributed by atoms with Gasteiger partial charge in [-0.2, -0.15) is 5.26 Å². The third-order valence-corrected chi connectivity index (χ3v) is 4.20. The molecule has 1 aliphatic rings. The highest BCUT2D eigenvalue weighted by molar-refractivity contribution is 5.03. The van der Waals surface area contributed by atoms with Gasteiger partial charge in [0, 0.05) is 6.54 Å². The van der Waals surface area contributed by atoms with Crippen LogP contribution >= 0.6 is 0 Å². The predicted octanol–water partition coefficient (Wildman–Crippen LogP) is 2.38. The van der Waals surface area contributed by atoms with Crippen molar-refractivity contribution >= 4 is 0 Å². The zero-order valence-electron chi connectivity index (χ0n) is 11.6. The summed E-state index contributed by atoms with van der Waals surface area (Å²) in [5.74, 6) is 1.66. The van der Waals surface area contributed by atoms with E-state index in [1.807, 2.05) is 6.92 Å². The minimum absolute atomic E-state index is 0.600. The fourth-order valence-corrected chi connectivity index (χ4v) is 2.54. The summed E-state index contributed by atoms with van der Waals surface area (Å²) in [6.45, 7) is 10.2. The predicted molar refractivity (Wildman–Crippen MR) is 71.4 cm³/mol. The van der Waals surface area contributed by atoms with Crippen LogP contribution in [0.2, 0.25) is 0 Å². The quantitative estimate of drug-likeness (QED) is 0.771. The number of nitriles is 1. The van der Waals surface area contributed by atoms with Gasteiger partial charge >= 0.3 is 0 Å². The molecule has 1 aliphatic heterocycles. The number of likely N-dealkylation sites (tertiary alicyclic amines) is 1. The minimum atomic E-state index is -0.600. The second-order valence-electron chi connectivity index (χ2n) is 5.82. The van der Waals surface area contributed by atoms with Crippen LogP contribution in [0.25, 0.3) is 0 Å². The van der Waals surface area contributed by atoms with Crippen LogP contribution in [0, 0.1) is 23.2 Å². The molecular weight excluding hydrogens is 210 g/mol. The maximum atomic E-state index is 9.00. The molecule has 0 amide bonds. The van der Waals surface area contributed by atoms with E-state index in [0.29, 0.717) is 0 Å². The minimum Gasteiger partial charge on any atom is -0.313 e. The summed E-state index contributed by atoms with van der Waals surface area (Å²) in [5.41, 5.74) is 5.38. The highest BCUT2D eigenvalue weighted by atomic mass is 15.1. The zero-order chi connectivity index (χ0) is 12.9. The Labute approximate surface area is 106 Å². The molecule has 0 aromatic carbocycles. The van der Waals surface area contributed by atoms with Crippen molar-refractivity contribution in [3.8, 4) is 6.07 Å². The summed E-state index contributed by atoms with van der Waals surface area (Å²) in [6, 6.07) is 2.24. The van der Waals surface area contributed by atoms with Gasteiger partial charge in [0.25, 0.3) is 0 Å². The Morgan fingerprint density at radius 2 is 2.24 bits per heavy atom. The average Bonchev–Trinajstić information content (AvgIpc) is 2.78. The maximum absolute atomic E-state index is 9.00. The molecule has 2 N–H and O–H groups in total. The van der Waals surface area contributed by atoms with Crippen molar-refractivity contribution in [3.63, 3.8) is 0 Å². The van der Waals surface area contributed by atoms with Crippen LogP contribution in [0.4, 0.5) is 0 Å². The molecule has 17 heavy (non-hydrogen) atoms. The lowest BCUT2D eigenvalue weighted by Crippen LogP contribution is -2.38. The molecule has 1 rings (SSSR count). The van der Waals surface area contributed by atoms with Crippen molar-refractivity contribution < 1.29 is 0 Å². The van der Waals surface area contributed by atoms with E-state index in [0.717, 1.165) is 37.6 Å². The lowest BCUT2D eigenvalue weighted by atomic mass is 9.93. The Morgan fingerprint density at radius 3 is 2.71 bits per heavy atom. The van der Waals surface area contributed by atoms with E-state index in [2.05, 4.69) is 24.8 Å². The molecule has 3 nitrogen and oxygen atoms in total. The van der Waals surface area contributed by atoms with Crippen molar-refractivity contribution in [2.24, 2.45) is 17.6 Å². The SMILES string of the molecule is CCC(N)(C#N)CCCN1CCC(C(C)C)C1. The van der Waals surface area contributed by atoms with Crippen LogP contribution < -0.4 is 5.73 Å². The molecule has 98 valence electrons. The molecule has 1 heterocycles. The fraction of sp³-hybridized carbons (Fsp3) is 0.929. The van der Waals surface area contributed by atoms with Crippen molar-refractivity contribution in [3.05, 3.63) is 0 Å².